The number of esters is 2. The van der Waals surface area contributed by atoms with Crippen LogP contribution >= 0.6 is 0 Å². The van der Waals surface area contributed by atoms with Gasteiger partial charge in [-0.3, -0.25) is 9.69 Å². The first-order chi connectivity index (χ1) is 11.3. The molecule has 6 heteroatoms. The summed E-state index contributed by atoms with van der Waals surface area (Å²) in [7, 11) is 0. The summed E-state index contributed by atoms with van der Waals surface area (Å²) >= 11 is 0. The summed E-state index contributed by atoms with van der Waals surface area (Å²) in [4.78, 5) is 25.9. The molecule has 1 fully saturated rings. The van der Waals surface area contributed by atoms with Gasteiger partial charge in [0.2, 0.25) is 0 Å². The first kappa shape index (κ1) is 18.4. The monoisotopic (exact) mass is 337 g/mol. The lowest BCUT2D eigenvalue weighted by Crippen LogP contribution is -2.40. The van der Waals surface area contributed by atoms with Crippen molar-refractivity contribution in [2.24, 2.45) is 0 Å². The number of carbonyl (C=O) groups is 2. The van der Waals surface area contributed by atoms with Crippen molar-refractivity contribution >= 4 is 11.9 Å². The quantitative estimate of drug-likeness (QED) is 0.773. The lowest BCUT2D eigenvalue weighted by molar-refractivity contribution is -0.156. The summed E-state index contributed by atoms with van der Waals surface area (Å²) in [5.74, 6) is -1.58. The molecule has 0 bridgehead atoms. The standard InChI is InChI=1S/C18H24FNO4/c1-18(2,3)24-16(21)11-20-10-6-7-13(20)12-23-17(22)14-8-4-5-9-15(14)19/h4-5,8-9,13H,6-7,10-12H2,1-3H3/t13-/m1/s1. The van der Waals surface area contributed by atoms with Crippen molar-refractivity contribution in [1.29, 1.82) is 0 Å². The Balaban J connectivity index is 1.86. The third-order valence-electron chi connectivity index (χ3n) is 3.75. The molecule has 1 heterocycles. The van der Waals surface area contributed by atoms with Crippen LogP contribution in [-0.2, 0) is 14.3 Å². The topological polar surface area (TPSA) is 55.8 Å². The van der Waals surface area contributed by atoms with Crippen LogP contribution in [0.15, 0.2) is 24.3 Å². The number of carbonyl (C=O) groups excluding carboxylic acids is 2. The van der Waals surface area contributed by atoms with Gasteiger partial charge < -0.3 is 9.47 Å². The second kappa shape index (κ2) is 7.75. The molecule has 0 N–H and O–H groups in total. The van der Waals surface area contributed by atoms with Gasteiger partial charge in [-0.15, -0.1) is 0 Å². The van der Waals surface area contributed by atoms with Crippen LogP contribution in [0, 0.1) is 5.82 Å². The Morgan fingerprint density at radius 2 is 2.00 bits per heavy atom. The van der Waals surface area contributed by atoms with Crippen LogP contribution in [0.1, 0.15) is 44.0 Å². The summed E-state index contributed by atoms with van der Waals surface area (Å²) < 4.78 is 24.1. The molecular formula is C18H24FNO4. The summed E-state index contributed by atoms with van der Waals surface area (Å²) in [5, 5.41) is 0. The summed E-state index contributed by atoms with van der Waals surface area (Å²) in [6, 6.07) is 5.68. The lowest BCUT2D eigenvalue weighted by atomic mass is 10.2. The van der Waals surface area contributed by atoms with Crippen LogP contribution in [-0.4, -0.2) is 48.2 Å². The van der Waals surface area contributed by atoms with Crippen LogP contribution in [0.25, 0.3) is 0 Å². The maximum absolute atomic E-state index is 13.6. The van der Waals surface area contributed by atoms with Gasteiger partial charge in [0, 0.05) is 6.04 Å². The highest BCUT2D eigenvalue weighted by atomic mass is 19.1. The van der Waals surface area contributed by atoms with E-state index < -0.39 is 17.4 Å². The van der Waals surface area contributed by atoms with Gasteiger partial charge in [0.25, 0.3) is 0 Å². The molecule has 2 rings (SSSR count). The van der Waals surface area contributed by atoms with Crippen LogP contribution in [0.4, 0.5) is 4.39 Å². The minimum Gasteiger partial charge on any atom is -0.460 e. The zero-order chi connectivity index (χ0) is 17.7. The van der Waals surface area contributed by atoms with Crippen molar-refractivity contribution in [3.05, 3.63) is 35.6 Å². The molecule has 1 atom stereocenters. The van der Waals surface area contributed by atoms with Gasteiger partial charge in [0.05, 0.1) is 12.1 Å². The highest BCUT2D eigenvalue weighted by molar-refractivity contribution is 5.89. The minimum absolute atomic E-state index is 0.0479. The number of rotatable bonds is 5. The molecule has 1 aliphatic rings. The van der Waals surface area contributed by atoms with Gasteiger partial charge in [0.15, 0.2) is 0 Å². The maximum Gasteiger partial charge on any atom is 0.341 e. The van der Waals surface area contributed by atoms with Gasteiger partial charge in [0.1, 0.15) is 18.0 Å². The maximum atomic E-state index is 13.6. The van der Waals surface area contributed by atoms with E-state index in [4.69, 9.17) is 9.47 Å². The Labute approximate surface area is 141 Å². The molecule has 1 aliphatic heterocycles. The second-order valence-electron chi connectivity index (χ2n) is 6.93. The largest absolute Gasteiger partial charge is 0.460 e. The minimum atomic E-state index is -0.683. The van der Waals surface area contributed by atoms with E-state index in [0.29, 0.717) is 0 Å². The van der Waals surface area contributed by atoms with Crippen molar-refractivity contribution < 1.29 is 23.5 Å². The first-order valence-corrected chi connectivity index (χ1v) is 8.14. The van der Waals surface area contributed by atoms with Crippen molar-refractivity contribution in [3.8, 4) is 0 Å². The number of ether oxygens (including phenoxy) is 2. The fraction of sp³-hybridized carbons (Fsp3) is 0.556. The van der Waals surface area contributed by atoms with E-state index in [1.807, 2.05) is 25.7 Å². The number of halogens is 1. The molecule has 1 aromatic carbocycles. The molecule has 24 heavy (non-hydrogen) atoms. The Morgan fingerprint density at radius 1 is 1.29 bits per heavy atom. The van der Waals surface area contributed by atoms with Crippen molar-refractivity contribution in [2.45, 2.75) is 45.3 Å². The molecule has 0 radical (unpaired) electrons. The third kappa shape index (κ3) is 5.30. The highest BCUT2D eigenvalue weighted by Gasteiger charge is 2.29. The molecule has 0 aromatic heterocycles. The zero-order valence-electron chi connectivity index (χ0n) is 14.4. The SMILES string of the molecule is CC(C)(C)OC(=O)CN1CCC[C@@H]1COC(=O)c1ccccc1F. The third-order valence-corrected chi connectivity index (χ3v) is 3.75. The molecule has 1 aromatic rings. The van der Waals surface area contributed by atoms with E-state index >= 15 is 0 Å². The Kier molecular flexibility index (Phi) is 5.94. The molecular weight excluding hydrogens is 313 g/mol. The van der Waals surface area contributed by atoms with E-state index in [0.717, 1.165) is 19.4 Å². The second-order valence-corrected chi connectivity index (χ2v) is 6.93. The van der Waals surface area contributed by atoms with Crippen LogP contribution in [0.2, 0.25) is 0 Å². The van der Waals surface area contributed by atoms with Crippen molar-refractivity contribution in [1.82, 2.24) is 4.90 Å². The Morgan fingerprint density at radius 3 is 2.67 bits per heavy atom. The van der Waals surface area contributed by atoms with Gasteiger partial charge in [-0.25, -0.2) is 9.18 Å². The average Bonchev–Trinajstić information content (AvgIpc) is 2.90. The number of hydrogen-bond acceptors (Lipinski definition) is 5. The number of hydrogen-bond donors (Lipinski definition) is 0. The fourth-order valence-corrected chi connectivity index (χ4v) is 2.71. The van der Waals surface area contributed by atoms with Crippen molar-refractivity contribution in [3.63, 3.8) is 0 Å². The first-order valence-electron chi connectivity index (χ1n) is 8.14. The van der Waals surface area contributed by atoms with Gasteiger partial charge in [-0.2, -0.15) is 0 Å². The normalized spacial score (nSPS) is 18.4. The summed E-state index contributed by atoms with van der Waals surface area (Å²) in [6.07, 6.45) is 1.75. The van der Waals surface area contributed by atoms with Crippen LogP contribution in [0.3, 0.4) is 0 Å². The van der Waals surface area contributed by atoms with E-state index in [1.165, 1.54) is 18.2 Å². The highest BCUT2D eigenvalue weighted by Crippen LogP contribution is 2.19. The molecule has 132 valence electrons. The van der Waals surface area contributed by atoms with Crippen molar-refractivity contribution in [2.75, 3.05) is 19.7 Å². The van der Waals surface area contributed by atoms with Gasteiger partial charge in [-0.05, 0) is 52.3 Å². The lowest BCUT2D eigenvalue weighted by Gasteiger charge is -2.26. The average molecular weight is 337 g/mol. The molecule has 0 saturated carbocycles. The predicted molar refractivity (Wildman–Crippen MR) is 87.1 cm³/mol. The molecule has 0 aliphatic carbocycles. The van der Waals surface area contributed by atoms with E-state index in [-0.39, 0.29) is 30.7 Å². The summed E-state index contributed by atoms with van der Waals surface area (Å²) in [6.45, 7) is 6.52. The number of nitrogens with zero attached hydrogens (tertiary/aromatic N) is 1. The summed E-state index contributed by atoms with van der Waals surface area (Å²) in [5.41, 5.74) is -0.599. The van der Waals surface area contributed by atoms with E-state index in [9.17, 15) is 14.0 Å². The molecule has 0 unspecified atom stereocenters. The Hall–Kier alpha value is -1.95. The predicted octanol–water partition coefficient (Wildman–Crippen LogP) is 2.79. The number of benzene rings is 1. The van der Waals surface area contributed by atoms with E-state index in [2.05, 4.69) is 0 Å². The van der Waals surface area contributed by atoms with Gasteiger partial charge >= 0.3 is 11.9 Å². The zero-order valence-corrected chi connectivity index (χ0v) is 14.4. The molecule has 0 amide bonds. The van der Waals surface area contributed by atoms with E-state index in [1.54, 1.807) is 6.07 Å². The molecule has 1 saturated heterocycles. The molecule has 0 spiro atoms. The smallest absolute Gasteiger partial charge is 0.341 e. The van der Waals surface area contributed by atoms with Gasteiger partial charge in [-0.1, -0.05) is 12.1 Å². The fourth-order valence-electron chi connectivity index (χ4n) is 2.71. The molecule has 5 nitrogen and oxygen atoms in total. The van der Waals surface area contributed by atoms with Crippen LogP contribution in [0.5, 0.6) is 0 Å². The Bertz CT molecular complexity index is 597. The van der Waals surface area contributed by atoms with Crippen LogP contribution < -0.4 is 0 Å². The number of likely N-dealkylation sites (tertiary alicyclic amines) is 1.